The zero-order chi connectivity index (χ0) is 19.1. The van der Waals surface area contributed by atoms with Crippen molar-refractivity contribution in [3.8, 4) is 5.69 Å². The number of guanidine groups is 1. The van der Waals surface area contributed by atoms with Crippen LogP contribution in [0.3, 0.4) is 0 Å². The van der Waals surface area contributed by atoms with E-state index >= 15 is 0 Å². The van der Waals surface area contributed by atoms with E-state index in [9.17, 15) is 10.1 Å². The summed E-state index contributed by atoms with van der Waals surface area (Å²) in [6, 6.07) is 10.3. The lowest BCUT2D eigenvalue weighted by Gasteiger charge is -2.26. The predicted molar refractivity (Wildman–Crippen MR) is 104 cm³/mol. The first-order chi connectivity index (χ1) is 12.5. The van der Waals surface area contributed by atoms with Crippen LogP contribution < -0.4 is 0 Å². The largest absolute Gasteiger partial charge is 0.347 e. The lowest BCUT2D eigenvalue weighted by Crippen LogP contribution is -2.40. The van der Waals surface area contributed by atoms with Crippen molar-refractivity contribution >= 4 is 17.9 Å². The van der Waals surface area contributed by atoms with Crippen LogP contribution in [0.4, 0.5) is 5.69 Å². The zero-order valence-corrected chi connectivity index (χ0v) is 15.5. The van der Waals surface area contributed by atoms with Crippen LogP contribution in [0.25, 0.3) is 5.69 Å². The van der Waals surface area contributed by atoms with Crippen LogP contribution in [0.15, 0.2) is 52.8 Å². The number of para-hydroxylation sites is 2. The number of nitro groups is 1. The smallest absolute Gasteiger partial charge is 0.293 e. The van der Waals surface area contributed by atoms with E-state index in [0.29, 0.717) is 11.4 Å². The zero-order valence-electron chi connectivity index (χ0n) is 15.5. The standard InChI is InChI=1S/C18H24N6O2/c1-5-22(6-2)18(21(3)4)20-19-14-15-10-9-13-23(15)16-11-7-8-12-17(16)24(25)26/h7-14H,5-6H2,1-4H3/b19-14+,20-18+. The highest BCUT2D eigenvalue weighted by Gasteiger charge is 2.15. The molecular formula is C18H24N6O2. The minimum Gasteiger partial charge on any atom is -0.347 e. The molecule has 0 bridgehead atoms. The number of hydrogen-bond donors (Lipinski definition) is 0. The topological polar surface area (TPSA) is 79.3 Å². The number of rotatable bonds is 6. The molecule has 138 valence electrons. The third-order valence-corrected chi connectivity index (χ3v) is 3.90. The third-order valence-electron chi connectivity index (χ3n) is 3.90. The van der Waals surface area contributed by atoms with Gasteiger partial charge in [0.15, 0.2) is 0 Å². The summed E-state index contributed by atoms with van der Waals surface area (Å²) in [6.45, 7) is 5.78. The highest BCUT2D eigenvalue weighted by Crippen LogP contribution is 2.23. The number of hydrogen-bond acceptors (Lipinski definition) is 4. The van der Waals surface area contributed by atoms with Crippen molar-refractivity contribution in [3.05, 3.63) is 58.4 Å². The molecule has 0 aliphatic heterocycles. The quantitative estimate of drug-likeness (QED) is 0.345. The van der Waals surface area contributed by atoms with Gasteiger partial charge in [-0.25, -0.2) is 0 Å². The van der Waals surface area contributed by atoms with Gasteiger partial charge in [-0.3, -0.25) is 10.1 Å². The van der Waals surface area contributed by atoms with Gasteiger partial charge in [-0.1, -0.05) is 12.1 Å². The second-order valence-electron chi connectivity index (χ2n) is 5.76. The Morgan fingerprint density at radius 1 is 1.19 bits per heavy atom. The summed E-state index contributed by atoms with van der Waals surface area (Å²) in [5, 5.41) is 19.8. The molecule has 1 aromatic heterocycles. The van der Waals surface area contributed by atoms with Crippen molar-refractivity contribution < 1.29 is 4.92 Å². The second kappa shape index (κ2) is 8.80. The molecule has 0 atom stereocenters. The van der Waals surface area contributed by atoms with Crippen LogP contribution in [-0.4, -0.2) is 58.6 Å². The van der Waals surface area contributed by atoms with Crippen molar-refractivity contribution in [1.29, 1.82) is 0 Å². The van der Waals surface area contributed by atoms with E-state index in [0.717, 1.165) is 19.0 Å². The molecule has 0 radical (unpaired) electrons. The molecule has 1 heterocycles. The van der Waals surface area contributed by atoms with Crippen molar-refractivity contribution in [2.24, 2.45) is 10.2 Å². The van der Waals surface area contributed by atoms with E-state index in [2.05, 4.69) is 29.0 Å². The average Bonchev–Trinajstić information content (AvgIpc) is 3.09. The summed E-state index contributed by atoms with van der Waals surface area (Å²) in [4.78, 5) is 14.9. The molecule has 1 aromatic carbocycles. The molecule has 0 unspecified atom stereocenters. The Morgan fingerprint density at radius 3 is 2.50 bits per heavy atom. The van der Waals surface area contributed by atoms with E-state index in [-0.39, 0.29) is 10.6 Å². The highest BCUT2D eigenvalue weighted by atomic mass is 16.6. The Hall–Kier alpha value is -3.16. The van der Waals surface area contributed by atoms with Gasteiger partial charge in [0.05, 0.1) is 16.8 Å². The third kappa shape index (κ3) is 4.27. The summed E-state index contributed by atoms with van der Waals surface area (Å²) in [7, 11) is 3.84. The molecule has 0 saturated heterocycles. The normalized spacial score (nSPS) is 11.8. The lowest BCUT2D eigenvalue weighted by atomic mass is 10.2. The van der Waals surface area contributed by atoms with Crippen LogP contribution in [0, 0.1) is 10.1 Å². The lowest BCUT2D eigenvalue weighted by molar-refractivity contribution is -0.384. The van der Waals surface area contributed by atoms with Gasteiger partial charge in [0.2, 0.25) is 5.96 Å². The van der Waals surface area contributed by atoms with E-state index in [1.54, 1.807) is 35.2 Å². The van der Waals surface area contributed by atoms with Crippen LogP contribution in [0.1, 0.15) is 19.5 Å². The summed E-state index contributed by atoms with van der Waals surface area (Å²) >= 11 is 0. The summed E-state index contributed by atoms with van der Waals surface area (Å²) in [6.07, 6.45) is 3.37. The minimum absolute atomic E-state index is 0.0407. The Balaban J connectivity index is 2.36. The molecule has 0 saturated carbocycles. The van der Waals surface area contributed by atoms with Crippen LogP contribution in [0.5, 0.6) is 0 Å². The molecule has 0 aliphatic carbocycles. The molecule has 0 N–H and O–H groups in total. The SMILES string of the molecule is CCN(CC)/C(=N/N=C/c1cccn1-c1ccccc1[N+](=O)[O-])N(C)C. The van der Waals surface area contributed by atoms with Gasteiger partial charge in [-0.05, 0) is 32.0 Å². The molecule has 0 spiro atoms. The summed E-state index contributed by atoms with van der Waals surface area (Å²) in [5.74, 6) is 0.759. The Kier molecular flexibility index (Phi) is 6.48. The number of benzene rings is 1. The van der Waals surface area contributed by atoms with Gasteiger partial charge in [0.25, 0.3) is 5.69 Å². The second-order valence-corrected chi connectivity index (χ2v) is 5.76. The van der Waals surface area contributed by atoms with Crippen molar-refractivity contribution in [2.75, 3.05) is 27.2 Å². The summed E-state index contributed by atoms with van der Waals surface area (Å²) in [5.41, 5.74) is 1.24. The monoisotopic (exact) mass is 356 g/mol. The first-order valence-electron chi connectivity index (χ1n) is 8.44. The molecule has 2 rings (SSSR count). The highest BCUT2D eigenvalue weighted by molar-refractivity contribution is 5.82. The maximum Gasteiger partial charge on any atom is 0.293 e. The van der Waals surface area contributed by atoms with E-state index in [4.69, 9.17) is 0 Å². The molecular weight excluding hydrogens is 332 g/mol. The molecule has 0 aliphatic rings. The maximum absolute atomic E-state index is 11.3. The van der Waals surface area contributed by atoms with Crippen LogP contribution in [-0.2, 0) is 0 Å². The fraction of sp³-hybridized carbons (Fsp3) is 0.333. The molecule has 2 aromatic rings. The first kappa shape index (κ1) is 19.2. The van der Waals surface area contributed by atoms with Crippen molar-refractivity contribution in [3.63, 3.8) is 0 Å². The molecule has 8 heteroatoms. The van der Waals surface area contributed by atoms with Gasteiger partial charge in [0.1, 0.15) is 5.69 Å². The number of nitro benzene ring substituents is 1. The van der Waals surface area contributed by atoms with Gasteiger partial charge in [-0.2, -0.15) is 5.10 Å². The van der Waals surface area contributed by atoms with Crippen molar-refractivity contribution in [1.82, 2.24) is 14.4 Å². The fourth-order valence-electron chi connectivity index (χ4n) is 2.62. The maximum atomic E-state index is 11.3. The Bertz CT molecular complexity index is 806. The van der Waals surface area contributed by atoms with Crippen LogP contribution in [0.2, 0.25) is 0 Å². The fourth-order valence-corrected chi connectivity index (χ4v) is 2.62. The first-order valence-corrected chi connectivity index (χ1v) is 8.44. The summed E-state index contributed by atoms with van der Waals surface area (Å²) < 4.78 is 1.73. The van der Waals surface area contributed by atoms with Crippen molar-refractivity contribution in [2.45, 2.75) is 13.8 Å². The Labute approximate surface area is 153 Å². The van der Waals surface area contributed by atoms with E-state index in [1.807, 2.05) is 31.1 Å². The molecule has 0 amide bonds. The van der Waals surface area contributed by atoms with E-state index < -0.39 is 0 Å². The molecule has 8 nitrogen and oxygen atoms in total. The van der Waals surface area contributed by atoms with E-state index in [1.165, 1.54) is 6.07 Å². The Morgan fingerprint density at radius 2 is 1.88 bits per heavy atom. The number of nitrogens with zero attached hydrogens (tertiary/aromatic N) is 6. The van der Waals surface area contributed by atoms with Gasteiger partial charge in [0, 0.05) is 39.4 Å². The molecule has 26 heavy (non-hydrogen) atoms. The number of aromatic nitrogens is 1. The predicted octanol–water partition coefficient (Wildman–Crippen LogP) is 2.98. The molecule has 0 fully saturated rings. The van der Waals surface area contributed by atoms with Crippen LogP contribution >= 0.6 is 0 Å². The minimum atomic E-state index is -0.390. The van der Waals surface area contributed by atoms with Gasteiger partial charge in [-0.15, -0.1) is 5.10 Å². The average molecular weight is 356 g/mol. The van der Waals surface area contributed by atoms with Gasteiger partial charge < -0.3 is 14.4 Å². The van der Waals surface area contributed by atoms with Gasteiger partial charge >= 0.3 is 0 Å².